The second-order valence-electron chi connectivity index (χ2n) is 4.59. The fourth-order valence-electron chi connectivity index (χ4n) is 2.62. The molecule has 0 aromatic carbocycles. The van der Waals surface area contributed by atoms with Gasteiger partial charge in [-0.2, -0.15) is 0 Å². The molecule has 0 bridgehead atoms. The van der Waals surface area contributed by atoms with Crippen molar-refractivity contribution in [2.24, 2.45) is 5.73 Å². The van der Waals surface area contributed by atoms with E-state index in [9.17, 15) is 0 Å². The zero-order valence-corrected chi connectivity index (χ0v) is 10.7. The predicted molar refractivity (Wildman–Crippen MR) is 70.9 cm³/mol. The van der Waals surface area contributed by atoms with E-state index in [0.29, 0.717) is 0 Å². The molecule has 0 amide bonds. The summed E-state index contributed by atoms with van der Waals surface area (Å²) in [6, 6.07) is 5.19. The van der Waals surface area contributed by atoms with Gasteiger partial charge in [0.15, 0.2) is 0 Å². The Hall–Kier alpha value is -0.380. The van der Waals surface area contributed by atoms with Gasteiger partial charge in [-0.1, -0.05) is 18.9 Å². The molecule has 16 heavy (non-hydrogen) atoms. The van der Waals surface area contributed by atoms with Crippen LogP contribution >= 0.6 is 11.3 Å². The zero-order valence-electron chi connectivity index (χ0n) is 9.90. The third-order valence-electron chi connectivity index (χ3n) is 3.48. The minimum Gasteiger partial charge on any atom is -0.329 e. The maximum absolute atomic E-state index is 5.71. The Bertz CT molecular complexity index is 278. The summed E-state index contributed by atoms with van der Waals surface area (Å²) >= 11 is 1.87. The number of thiophene rings is 1. The summed E-state index contributed by atoms with van der Waals surface area (Å²) in [4.78, 5) is 4.10. The van der Waals surface area contributed by atoms with E-state index in [0.717, 1.165) is 19.1 Å². The summed E-state index contributed by atoms with van der Waals surface area (Å²) in [5, 5.41) is 2.16. The minimum atomic E-state index is 0.793. The third kappa shape index (κ3) is 3.30. The van der Waals surface area contributed by atoms with Gasteiger partial charge in [-0.05, 0) is 30.7 Å². The molecule has 1 saturated carbocycles. The molecule has 1 aromatic heterocycles. The van der Waals surface area contributed by atoms with Crippen molar-refractivity contribution in [3.8, 4) is 0 Å². The van der Waals surface area contributed by atoms with Crippen molar-refractivity contribution < 1.29 is 0 Å². The molecular weight excluding hydrogens is 216 g/mol. The molecule has 0 aliphatic heterocycles. The highest BCUT2D eigenvalue weighted by Gasteiger charge is 2.21. The summed E-state index contributed by atoms with van der Waals surface area (Å²) in [7, 11) is 0. The van der Waals surface area contributed by atoms with Crippen LogP contribution in [0.2, 0.25) is 0 Å². The maximum atomic E-state index is 5.71. The smallest absolute Gasteiger partial charge is 0.0108 e. The van der Waals surface area contributed by atoms with Gasteiger partial charge in [0.1, 0.15) is 0 Å². The van der Waals surface area contributed by atoms with Crippen molar-refractivity contribution in [2.45, 2.75) is 38.1 Å². The molecule has 3 heteroatoms. The first-order chi connectivity index (χ1) is 7.90. The number of nitrogens with zero attached hydrogens (tertiary/aromatic N) is 1. The van der Waals surface area contributed by atoms with Crippen molar-refractivity contribution in [3.05, 3.63) is 22.4 Å². The van der Waals surface area contributed by atoms with Gasteiger partial charge in [-0.15, -0.1) is 11.3 Å². The highest BCUT2D eigenvalue weighted by molar-refractivity contribution is 7.09. The molecule has 1 aliphatic rings. The summed E-state index contributed by atoms with van der Waals surface area (Å²) in [5.74, 6) is 0. The SMILES string of the molecule is NCCN(CCc1cccs1)C1CCCC1. The van der Waals surface area contributed by atoms with Gasteiger partial charge in [0, 0.05) is 30.6 Å². The van der Waals surface area contributed by atoms with E-state index in [2.05, 4.69) is 22.4 Å². The lowest BCUT2D eigenvalue weighted by molar-refractivity contribution is 0.207. The Morgan fingerprint density at radius 3 is 2.75 bits per heavy atom. The van der Waals surface area contributed by atoms with E-state index < -0.39 is 0 Å². The summed E-state index contributed by atoms with van der Waals surface area (Å²) in [6.07, 6.45) is 6.76. The predicted octanol–water partition coefficient (Wildman–Crippen LogP) is 2.49. The fraction of sp³-hybridized carbons (Fsp3) is 0.692. The Morgan fingerprint density at radius 2 is 2.12 bits per heavy atom. The average Bonchev–Trinajstić information content (AvgIpc) is 2.96. The summed E-state index contributed by atoms with van der Waals surface area (Å²) in [6.45, 7) is 3.04. The van der Waals surface area contributed by atoms with Crippen LogP contribution in [-0.2, 0) is 6.42 Å². The van der Waals surface area contributed by atoms with Crippen molar-refractivity contribution in [3.63, 3.8) is 0 Å². The first kappa shape index (κ1) is 12.1. The molecule has 2 N–H and O–H groups in total. The molecular formula is C13H22N2S. The highest BCUT2D eigenvalue weighted by atomic mass is 32.1. The van der Waals surface area contributed by atoms with Crippen LogP contribution in [0.15, 0.2) is 17.5 Å². The van der Waals surface area contributed by atoms with Gasteiger partial charge >= 0.3 is 0 Å². The molecule has 1 aliphatic carbocycles. The largest absolute Gasteiger partial charge is 0.329 e. The minimum absolute atomic E-state index is 0.793. The summed E-state index contributed by atoms with van der Waals surface area (Å²) < 4.78 is 0. The van der Waals surface area contributed by atoms with Gasteiger partial charge in [-0.3, -0.25) is 4.90 Å². The van der Waals surface area contributed by atoms with Crippen LogP contribution in [0.1, 0.15) is 30.6 Å². The van der Waals surface area contributed by atoms with Gasteiger partial charge in [0.2, 0.25) is 0 Å². The molecule has 1 aromatic rings. The van der Waals surface area contributed by atoms with E-state index in [1.807, 2.05) is 11.3 Å². The lowest BCUT2D eigenvalue weighted by atomic mass is 10.2. The Kier molecular flexibility index (Phi) is 4.82. The van der Waals surface area contributed by atoms with Crippen LogP contribution in [0.3, 0.4) is 0 Å². The number of rotatable bonds is 6. The molecule has 2 rings (SSSR count). The van der Waals surface area contributed by atoms with Crippen LogP contribution in [0, 0.1) is 0 Å². The van der Waals surface area contributed by atoms with Crippen molar-refractivity contribution in [1.82, 2.24) is 4.90 Å². The van der Waals surface area contributed by atoms with E-state index >= 15 is 0 Å². The lowest BCUT2D eigenvalue weighted by Gasteiger charge is -2.28. The second-order valence-corrected chi connectivity index (χ2v) is 5.62. The van der Waals surface area contributed by atoms with Crippen LogP contribution in [0.25, 0.3) is 0 Å². The van der Waals surface area contributed by atoms with E-state index in [-0.39, 0.29) is 0 Å². The van der Waals surface area contributed by atoms with Gasteiger partial charge in [0.25, 0.3) is 0 Å². The quantitative estimate of drug-likeness (QED) is 0.825. The van der Waals surface area contributed by atoms with Crippen LogP contribution in [-0.4, -0.2) is 30.6 Å². The van der Waals surface area contributed by atoms with E-state index in [4.69, 9.17) is 5.73 Å². The normalized spacial score (nSPS) is 17.4. The molecule has 0 spiro atoms. The number of nitrogens with two attached hydrogens (primary N) is 1. The van der Waals surface area contributed by atoms with Crippen LogP contribution < -0.4 is 5.73 Å². The topological polar surface area (TPSA) is 29.3 Å². The molecule has 2 nitrogen and oxygen atoms in total. The lowest BCUT2D eigenvalue weighted by Crippen LogP contribution is -2.38. The Morgan fingerprint density at radius 1 is 1.31 bits per heavy atom. The molecule has 0 atom stereocenters. The molecule has 0 radical (unpaired) electrons. The van der Waals surface area contributed by atoms with Gasteiger partial charge in [0.05, 0.1) is 0 Å². The second kappa shape index (κ2) is 6.38. The van der Waals surface area contributed by atoms with Crippen LogP contribution in [0.5, 0.6) is 0 Å². The average molecular weight is 238 g/mol. The molecule has 1 heterocycles. The van der Waals surface area contributed by atoms with E-state index in [1.54, 1.807) is 0 Å². The fourth-order valence-corrected chi connectivity index (χ4v) is 3.32. The molecule has 0 unspecified atom stereocenters. The third-order valence-corrected chi connectivity index (χ3v) is 4.42. The van der Waals surface area contributed by atoms with Gasteiger partial charge < -0.3 is 5.73 Å². The Balaban J connectivity index is 1.82. The van der Waals surface area contributed by atoms with E-state index in [1.165, 1.54) is 43.5 Å². The Labute approximate surface area is 102 Å². The number of hydrogen-bond acceptors (Lipinski definition) is 3. The zero-order chi connectivity index (χ0) is 11.2. The molecule has 1 fully saturated rings. The monoisotopic (exact) mass is 238 g/mol. The maximum Gasteiger partial charge on any atom is 0.0108 e. The van der Waals surface area contributed by atoms with Gasteiger partial charge in [-0.25, -0.2) is 0 Å². The van der Waals surface area contributed by atoms with Crippen molar-refractivity contribution in [2.75, 3.05) is 19.6 Å². The van der Waals surface area contributed by atoms with Crippen LogP contribution in [0.4, 0.5) is 0 Å². The first-order valence-electron chi connectivity index (χ1n) is 6.36. The standard InChI is InChI=1S/C13H22N2S/c14-8-10-15(12-4-1-2-5-12)9-7-13-6-3-11-16-13/h3,6,11-12H,1-2,4-5,7-10,14H2. The number of hydrogen-bond donors (Lipinski definition) is 1. The highest BCUT2D eigenvalue weighted by Crippen LogP contribution is 2.23. The molecule has 0 saturated heterocycles. The first-order valence-corrected chi connectivity index (χ1v) is 7.24. The summed E-state index contributed by atoms with van der Waals surface area (Å²) in [5.41, 5.74) is 5.71. The van der Waals surface area contributed by atoms with Crippen molar-refractivity contribution in [1.29, 1.82) is 0 Å². The van der Waals surface area contributed by atoms with Crippen molar-refractivity contribution >= 4 is 11.3 Å². The molecule has 90 valence electrons.